The number of benzene rings is 1. The molecule has 2 aliphatic rings. The highest BCUT2D eigenvalue weighted by molar-refractivity contribution is 5.39. The van der Waals surface area contributed by atoms with Crippen molar-refractivity contribution in [1.82, 2.24) is 5.32 Å². The third-order valence-electron chi connectivity index (χ3n) is 4.42. The van der Waals surface area contributed by atoms with Crippen molar-refractivity contribution in [3.63, 3.8) is 0 Å². The van der Waals surface area contributed by atoms with Crippen molar-refractivity contribution in [3.05, 3.63) is 29.8 Å². The molecule has 1 aromatic carbocycles. The van der Waals surface area contributed by atoms with Crippen molar-refractivity contribution < 1.29 is 4.74 Å². The summed E-state index contributed by atoms with van der Waals surface area (Å²) in [5, 5.41) is 3.74. The average Bonchev–Trinajstić information content (AvgIpc) is 2.90. The summed E-state index contributed by atoms with van der Waals surface area (Å²) in [6, 6.07) is 9.14. The van der Waals surface area contributed by atoms with Crippen LogP contribution in [-0.2, 0) is 0 Å². The van der Waals surface area contributed by atoms with Gasteiger partial charge in [-0.15, -0.1) is 0 Å². The zero-order valence-electron chi connectivity index (χ0n) is 11.4. The van der Waals surface area contributed by atoms with Gasteiger partial charge < -0.3 is 10.1 Å². The second-order valence-corrected chi connectivity index (χ2v) is 6.56. The minimum absolute atomic E-state index is 0.530. The van der Waals surface area contributed by atoms with Crippen molar-refractivity contribution in [2.75, 3.05) is 13.2 Å². The molecule has 3 rings (SSSR count). The summed E-state index contributed by atoms with van der Waals surface area (Å²) in [6.07, 6.45) is 3.98. The van der Waals surface area contributed by atoms with Crippen LogP contribution in [0.2, 0.25) is 0 Å². The number of ether oxygens (including phenoxy) is 1. The molecular formula is C16H23NO. The molecule has 1 aliphatic heterocycles. The first-order valence-corrected chi connectivity index (χ1v) is 7.09. The summed E-state index contributed by atoms with van der Waals surface area (Å²) in [4.78, 5) is 0. The summed E-state index contributed by atoms with van der Waals surface area (Å²) in [6.45, 7) is 6.64. The predicted molar refractivity (Wildman–Crippen MR) is 74.1 cm³/mol. The van der Waals surface area contributed by atoms with Gasteiger partial charge in [-0.2, -0.15) is 0 Å². The predicted octanol–water partition coefficient (Wildman–Crippen LogP) is 3.33. The van der Waals surface area contributed by atoms with E-state index in [0.717, 1.165) is 18.9 Å². The van der Waals surface area contributed by atoms with Crippen LogP contribution in [0.15, 0.2) is 24.3 Å². The van der Waals surface area contributed by atoms with Gasteiger partial charge in [0, 0.05) is 24.1 Å². The summed E-state index contributed by atoms with van der Waals surface area (Å²) < 4.78 is 5.73. The summed E-state index contributed by atoms with van der Waals surface area (Å²) in [5.74, 6) is 1.61. The molecule has 1 fully saturated rings. The Hall–Kier alpha value is -1.02. The largest absolute Gasteiger partial charge is 0.493 e. The first kappa shape index (κ1) is 12.0. The van der Waals surface area contributed by atoms with E-state index in [1.807, 2.05) is 6.07 Å². The number of fused-ring (bicyclic) bond motifs is 1. The summed E-state index contributed by atoms with van der Waals surface area (Å²) in [5.41, 5.74) is 1.91. The number of nitrogens with one attached hydrogen (secondary N) is 1. The molecule has 2 nitrogen and oxygen atoms in total. The molecule has 1 heterocycles. The van der Waals surface area contributed by atoms with Gasteiger partial charge in [-0.05, 0) is 30.7 Å². The summed E-state index contributed by atoms with van der Waals surface area (Å²) >= 11 is 0. The fourth-order valence-corrected chi connectivity index (χ4v) is 3.32. The van der Waals surface area contributed by atoms with Gasteiger partial charge >= 0.3 is 0 Å². The van der Waals surface area contributed by atoms with Gasteiger partial charge in [0.05, 0.1) is 6.61 Å². The van der Waals surface area contributed by atoms with E-state index in [-0.39, 0.29) is 0 Å². The van der Waals surface area contributed by atoms with Crippen molar-refractivity contribution in [2.45, 2.75) is 45.1 Å². The van der Waals surface area contributed by atoms with Gasteiger partial charge in [-0.3, -0.25) is 0 Å². The Labute approximate surface area is 110 Å². The molecule has 0 amide bonds. The van der Waals surface area contributed by atoms with Crippen molar-refractivity contribution in [1.29, 1.82) is 0 Å². The van der Waals surface area contributed by atoms with E-state index >= 15 is 0 Å². The molecule has 98 valence electrons. The van der Waals surface area contributed by atoms with E-state index in [9.17, 15) is 0 Å². The Balaban J connectivity index is 1.56. The quantitative estimate of drug-likeness (QED) is 0.882. The van der Waals surface area contributed by atoms with Crippen LogP contribution in [0.3, 0.4) is 0 Å². The maximum Gasteiger partial charge on any atom is 0.122 e. The minimum atomic E-state index is 0.530. The molecule has 0 spiro atoms. The van der Waals surface area contributed by atoms with E-state index in [1.165, 1.54) is 24.8 Å². The highest BCUT2D eigenvalue weighted by Crippen LogP contribution is 2.38. The highest BCUT2D eigenvalue weighted by atomic mass is 16.5. The van der Waals surface area contributed by atoms with Gasteiger partial charge in [0.1, 0.15) is 5.75 Å². The smallest absolute Gasteiger partial charge is 0.122 e. The van der Waals surface area contributed by atoms with E-state index in [1.54, 1.807) is 0 Å². The lowest BCUT2D eigenvalue weighted by Gasteiger charge is -2.19. The number of hydrogen-bond donors (Lipinski definition) is 1. The van der Waals surface area contributed by atoms with Gasteiger partial charge in [-0.25, -0.2) is 0 Å². The molecule has 1 aliphatic carbocycles. The third-order valence-corrected chi connectivity index (χ3v) is 4.42. The van der Waals surface area contributed by atoms with Crippen molar-refractivity contribution >= 4 is 0 Å². The second-order valence-electron chi connectivity index (χ2n) is 6.56. The van der Waals surface area contributed by atoms with Crippen LogP contribution in [0.4, 0.5) is 0 Å². The number of rotatable bonds is 3. The van der Waals surface area contributed by atoms with Crippen LogP contribution in [-0.4, -0.2) is 19.2 Å². The number of para-hydroxylation sites is 1. The average molecular weight is 245 g/mol. The second kappa shape index (κ2) is 4.58. The molecule has 1 N–H and O–H groups in total. The van der Waals surface area contributed by atoms with E-state index < -0.39 is 0 Å². The van der Waals surface area contributed by atoms with Crippen LogP contribution >= 0.6 is 0 Å². The van der Waals surface area contributed by atoms with Crippen LogP contribution in [0.1, 0.15) is 44.6 Å². The van der Waals surface area contributed by atoms with Gasteiger partial charge in [-0.1, -0.05) is 32.0 Å². The van der Waals surface area contributed by atoms with Crippen molar-refractivity contribution in [3.8, 4) is 5.75 Å². The fourth-order valence-electron chi connectivity index (χ4n) is 3.32. The Morgan fingerprint density at radius 1 is 1.33 bits per heavy atom. The van der Waals surface area contributed by atoms with E-state index in [2.05, 4.69) is 37.4 Å². The molecule has 0 aromatic heterocycles. The summed E-state index contributed by atoms with van der Waals surface area (Å²) in [7, 11) is 0. The lowest BCUT2D eigenvalue weighted by atomic mass is 9.92. The maximum atomic E-state index is 5.73. The van der Waals surface area contributed by atoms with Gasteiger partial charge in [0.2, 0.25) is 0 Å². The molecule has 18 heavy (non-hydrogen) atoms. The number of hydrogen-bond acceptors (Lipinski definition) is 2. The Kier molecular flexibility index (Phi) is 3.06. The van der Waals surface area contributed by atoms with E-state index in [4.69, 9.17) is 4.74 Å². The zero-order valence-corrected chi connectivity index (χ0v) is 11.4. The molecular weight excluding hydrogens is 222 g/mol. The highest BCUT2D eigenvalue weighted by Gasteiger charge is 2.31. The van der Waals surface area contributed by atoms with Crippen LogP contribution in [0, 0.1) is 5.41 Å². The van der Waals surface area contributed by atoms with Crippen LogP contribution in [0.5, 0.6) is 5.75 Å². The Morgan fingerprint density at radius 3 is 2.94 bits per heavy atom. The zero-order chi connectivity index (χ0) is 12.6. The molecule has 0 bridgehead atoms. The topological polar surface area (TPSA) is 21.3 Å². The van der Waals surface area contributed by atoms with Crippen LogP contribution in [0.25, 0.3) is 0 Å². The standard InChI is InChI=1S/C16H23NO/c1-16(2)8-7-13(9-16)17-10-12-11-18-15-6-4-3-5-14(12)15/h3-6,12-13,17H,7-11H2,1-2H3. The molecule has 1 aromatic rings. The first-order chi connectivity index (χ1) is 8.64. The van der Waals surface area contributed by atoms with Gasteiger partial charge in [0.15, 0.2) is 0 Å². The normalized spacial score (nSPS) is 29.0. The Bertz CT molecular complexity index is 427. The monoisotopic (exact) mass is 245 g/mol. The lowest BCUT2D eigenvalue weighted by Crippen LogP contribution is -2.31. The Morgan fingerprint density at radius 2 is 2.17 bits per heavy atom. The van der Waals surface area contributed by atoms with Gasteiger partial charge in [0.25, 0.3) is 0 Å². The van der Waals surface area contributed by atoms with Crippen molar-refractivity contribution in [2.24, 2.45) is 5.41 Å². The molecule has 2 unspecified atom stereocenters. The minimum Gasteiger partial charge on any atom is -0.493 e. The third kappa shape index (κ3) is 2.39. The fraction of sp³-hybridized carbons (Fsp3) is 0.625. The maximum absolute atomic E-state index is 5.73. The molecule has 2 heteroatoms. The van der Waals surface area contributed by atoms with E-state index in [0.29, 0.717) is 17.4 Å². The lowest BCUT2D eigenvalue weighted by molar-refractivity contribution is 0.317. The molecule has 1 saturated carbocycles. The first-order valence-electron chi connectivity index (χ1n) is 7.09. The molecule has 0 saturated heterocycles. The molecule has 2 atom stereocenters. The SMILES string of the molecule is CC1(C)CCC(NCC2COc3ccccc32)C1. The van der Waals surface area contributed by atoms with Crippen LogP contribution < -0.4 is 10.1 Å². The molecule has 0 radical (unpaired) electrons.